The van der Waals surface area contributed by atoms with Crippen LogP contribution in [0.25, 0.3) is 0 Å². The van der Waals surface area contributed by atoms with Crippen LogP contribution >= 0.6 is 11.3 Å². The molecule has 24 heavy (non-hydrogen) atoms. The quantitative estimate of drug-likeness (QED) is 0.785. The van der Waals surface area contributed by atoms with Crippen molar-refractivity contribution in [1.29, 1.82) is 0 Å². The molecule has 0 atom stereocenters. The number of carbonyl (C=O) groups is 2. The number of thiazole rings is 1. The molecule has 2 aromatic heterocycles. The molecule has 0 bridgehead atoms. The largest absolute Gasteiger partial charge is 0.478 e. The highest BCUT2D eigenvalue weighted by atomic mass is 32.1. The molecule has 7 heteroatoms. The first-order chi connectivity index (χ1) is 11.6. The van der Waals surface area contributed by atoms with Crippen LogP contribution in [0, 0.1) is 0 Å². The highest BCUT2D eigenvalue weighted by molar-refractivity contribution is 7.11. The van der Waals surface area contributed by atoms with Crippen molar-refractivity contribution >= 4 is 23.2 Å². The molecule has 0 saturated heterocycles. The summed E-state index contributed by atoms with van der Waals surface area (Å²) in [4.78, 5) is 32.9. The Kier molecular flexibility index (Phi) is 5.20. The van der Waals surface area contributed by atoms with Gasteiger partial charge in [0, 0.05) is 24.0 Å². The molecule has 6 nitrogen and oxygen atoms in total. The fourth-order valence-corrected chi connectivity index (χ4v) is 3.93. The average molecular weight is 345 g/mol. The zero-order chi connectivity index (χ0) is 16.9. The van der Waals surface area contributed by atoms with Gasteiger partial charge in [-0.1, -0.05) is 0 Å². The Bertz CT molecular complexity index is 734. The summed E-state index contributed by atoms with van der Waals surface area (Å²) in [7, 11) is 0. The minimum atomic E-state index is -1.07. The molecule has 0 aliphatic heterocycles. The molecule has 2 heterocycles. The van der Waals surface area contributed by atoms with E-state index >= 15 is 0 Å². The second kappa shape index (κ2) is 7.53. The van der Waals surface area contributed by atoms with Crippen LogP contribution in [0.3, 0.4) is 0 Å². The van der Waals surface area contributed by atoms with Gasteiger partial charge in [-0.3, -0.25) is 9.78 Å². The molecule has 0 saturated carbocycles. The third kappa shape index (κ3) is 3.97. The third-order valence-corrected chi connectivity index (χ3v) is 5.20. The maximum absolute atomic E-state index is 12.0. The molecule has 2 N–H and O–H groups in total. The lowest BCUT2D eigenvalue weighted by Crippen LogP contribution is -2.26. The van der Waals surface area contributed by atoms with E-state index in [1.165, 1.54) is 41.7 Å². The lowest BCUT2D eigenvalue weighted by molar-refractivity contribution is 0.0696. The molecule has 0 aromatic carbocycles. The standard InChI is InChI=1S/C17H19N3O3S/c21-16(13-10-11(17(22)23)7-9-18-13)19-8-3-6-15-20-12-4-1-2-5-14(12)24-15/h7,9-10H,1-6,8H2,(H,19,21)(H,22,23). The number of hydrogen-bond acceptors (Lipinski definition) is 5. The zero-order valence-corrected chi connectivity index (χ0v) is 14.1. The van der Waals surface area contributed by atoms with Gasteiger partial charge in [-0.2, -0.15) is 0 Å². The number of carboxylic acids is 1. The van der Waals surface area contributed by atoms with Crippen molar-refractivity contribution in [3.8, 4) is 0 Å². The molecular weight excluding hydrogens is 326 g/mol. The number of hydrogen-bond donors (Lipinski definition) is 2. The Balaban J connectivity index is 1.47. The zero-order valence-electron chi connectivity index (χ0n) is 13.2. The molecule has 0 radical (unpaired) electrons. The van der Waals surface area contributed by atoms with Gasteiger partial charge in [0.05, 0.1) is 16.3 Å². The summed E-state index contributed by atoms with van der Waals surface area (Å²) >= 11 is 1.79. The summed E-state index contributed by atoms with van der Waals surface area (Å²) in [5.74, 6) is -1.42. The van der Waals surface area contributed by atoms with E-state index < -0.39 is 5.97 Å². The van der Waals surface area contributed by atoms with E-state index in [4.69, 9.17) is 5.11 Å². The maximum Gasteiger partial charge on any atom is 0.335 e. The summed E-state index contributed by atoms with van der Waals surface area (Å²) in [5.41, 5.74) is 1.45. The minimum absolute atomic E-state index is 0.0588. The molecule has 126 valence electrons. The Morgan fingerprint density at radius 1 is 1.29 bits per heavy atom. The minimum Gasteiger partial charge on any atom is -0.478 e. The molecule has 0 fully saturated rings. The van der Waals surface area contributed by atoms with Crippen molar-refractivity contribution in [2.75, 3.05) is 6.54 Å². The van der Waals surface area contributed by atoms with Gasteiger partial charge >= 0.3 is 5.97 Å². The normalized spacial score (nSPS) is 13.3. The van der Waals surface area contributed by atoms with Gasteiger partial charge in [0.2, 0.25) is 0 Å². The molecule has 1 amide bonds. The first-order valence-electron chi connectivity index (χ1n) is 8.08. The van der Waals surface area contributed by atoms with Crippen LogP contribution in [0.2, 0.25) is 0 Å². The predicted molar refractivity (Wildman–Crippen MR) is 90.6 cm³/mol. The topological polar surface area (TPSA) is 92.2 Å². The van der Waals surface area contributed by atoms with Crippen LogP contribution in [0.1, 0.15) is 55.7 Å². The van der Waals surface area contributed by atoms with E-state index in [1.54, 1.807) is 11.3 Å². The second-order valence-corrected chi connectivity index (χ2v) is 6.95. The summed E-state index contributed by atoms with van der Waals surface area (Å²) in [6.07, 6.45) is 7.71. The molecule has 2 aromatic rings. The fraction of sp³-hybridized carbons (Fsp3) is 0.412. The van der Waals surface area contributed by atoms with Crippen molar-refractivity contribution in [3.05, 3.63) is 45.2 Å². The smallest absolute Gasteiger partial charge is 0.335 e. The molecule has 1 aliphatic rings. The van der Waals surface area contributed by atoms with Gasteiger partial charge in [-0.15, -0.1) is 11.3 Å². The Hall–Kier alpha value is -2.28. The number of fused-ring (bicyclic) bond motifs is 1. The van der Waals surface area contributed by atoms with Crippen LogP contribution in [0.15, 0.2) is 18.3 Å². The number of nitrogens with zero attached hydrogens (tertiary/aromatic N) is 2. The first kappa shape index (κ1) is 16.6. The Labute approximate surface area is 144 Å². The van der Waals surface area contributed by atoms with E-state index in [-0.39, 0.29) is 17.2 Å². The number of aromatic carboxylic acids is 1. The van der Waals surface area contributed by atoms with E-state index in [0.717, 1.165) is 30.7 Å². The van der Waals surface area contributed by atoms with Gasteiger partial charge in [0.1, 0.15) is 5.69 Å². The van der Waals surface area contributed by atoms with E-state index in [0.29, 0.717) is 6.54 Å². The van der Waals surface area contributed by atoms with Crippen molar-refractivity contribution in [3.63, 3.8) is 0 Å². The van der Waals surface area contributed by atoms with Gasteiger partial charge in [0.25, 0.3) is 5.91 Å². The summed E-state index contributed by atoms with van der Waals surface area (Å²) < 4.78 is 0. The molecule has 0 unspecified atom stereocenters. The van der Waals surface area contributed by atoms with Crippen molar-refractivity contribution < 1.29 is 14.7 Å². The van der Waals surface area contributed by atoms with E-state index in [1.807, 2.05) is 0 Å². The van der Waals surface area contributed by atoms with Crippen molar-refractivity contribution in [2.24, 2.45) is 0 Å². The predicted octanol–water partition coefficient (Wildman–Crippen LogP) is 2.48. The number of aromatic nitrogens is 2. The molecule has 1 aliphatic carbocycles. The van der Waals surface area contributed by atoms with Gasteiger partial charge in [-0.05, 0) is 44.2 Å². The Morgan fingerprint density at radius 3 is 2.92 bits per heavy atom. The van der Waals surface area contributed by atoms with Crippen LogP contribution in [0.4, 0.5) is 0 Å². The van der Waals surface area contributed by atoms with Crippen LogP contribution in [0.5, 0.6) is 0 Å². The number of amides is 1. The third-order valence-electron chi connectivity index (χ3n) is 3.98. The lowest BCUT2D eigenvalue weighted by Gasteiger charge is -2.06. The summed E-state index contributed by atoms with van der Waals surface area (Å²) in [6.45, 7) is 0.516. The monoisotopic (exact) mass is 345 g/mol. The summed E-state index contributed by atoms with van der Waals surface area (Å²) in [5, 5.41) is 12.9. The molecular formula is C17H19N3O3S. The SMILES string of the molecule is O=C(O)c1ccnc(C(=O)NCCCc2nc3c(s2)CCCC3)c1. The molecule has 0 spiro atoms. The number of nitrogens with one attached hydrogen (secondary N) is 1. The van der Waals surface area contributed by atoms with Gasteiger partial charge in [0.15, 0.2) is 0 Å². The van der Waals surface area contributed by atoms with Gasteiger partial charge in [-0.25, -0.2) is 9.78 Å². The van der Waals surface area contributed by atoms with Crippen LogP contribution in [-0.4, -0.2) is 33.5 Å². The fourth-order valence-electron chi connectivity index (χ4n) is 2.73. The maximum atomic E-state index is 12.0. The van der Waals surface area contributed by atoms with Crippen LogP contribution in [-0.2, 0) is 19.3 Å². The number of carboxylic acid groups (broad SMARTS) is 1. The average Bonchev–Trinajstić information content (AvgIpc) is 3.01. The van der Waals surface area contributed by atoms with E-state index in [9.17, 15) is 9.59 Å². The second-order valence-electron chi connectivity index (χ2n) is 5.78. The van der Waals surface area contributed by atoms with Gasteiger partial charge < -0.3 is 10.4 Å². The molecule has 3 rings (SSSR count). The van der Waals surface area contributed by atoms with E-state index in [2.05, 4.69) is 15.3 Å². The summed E-state index contributed by atoms with van der Waals surface area (Å²) in [6, 6.07) is 2.65. The first-order valence-corrected chi connectivity index (χ1v) is 8.90. The van der Waals surface area contributed by atoms with Crippen LogP contribution < -0.4 is 5.32 Å². The van der Waals surface area contributed by atoms with Crippen molar-refractivity contribution in [1.82, 2.24) is 15.3 Å². The van der Waals surface area contributed by atoms with Crippen molar-refractivity contribution in [2.45, 2.75) is 38.5 Å². The number of carbonyl (C=O) groups excluding carboxylic acids is 1. The number of aryl methyl sites for hydroxylation is 3. The highest BCUT2D eigenvalue weighted by Crippen LogP contribution is 2.27. The lowest BCUT2D eigenvalue weighted by atomic mass is 10.0. The highest BCUT2D eigenvalue weighted by Gasteiger charge is 2.15. The number of rotatable bonds is 6. The number of pyridine rings is 1. The Morgan fingerprint density at radius 2 is 2.12 bits per heavy atom.